The summed E-state index contributed by atoms with van der Waals surface area (Å²) in [6.45, 7) is 14.5. The largest absolute Gasteiger partial charge is 0.486 e. The normalized spacial score (nSPS) is 16.1. The zero-order valence-corrected chi connectivity index (χ0v) is 44.3. The van der Waals surface area contributed by atoms with Crippen LogP contribution in [0.1, 0.15) is 57.8 Å². The average Bonchev–Trinajstić information content (AvgIpc) is 4.23. The Morgan fingerprint density at radius 3 is 1.63 bits per heavy atom. The van der Waals surface area contributed by atoms with Crippen molar-refractivity contribution in [1.82, 2.24) is 88.6 Å². The van der Waals surface area contributed by atoms with Crippen LogP contribution in [0.4, 0.5) is 4.79 Å². The van der Waals surface area contributed by atoms with Gasteiger partial charge in [0.2, 0.25) is 0 Å². The summed E-state index contributed by atoms with van der Waals surface area (Å²) in [6, 6.07) is 11.5. The molecule has 0 spiro atoms. The van der Waals surface area contributed by atoms with Gasteiger partial charge in [-0.15, -0.1) is 0 Å². The molecule has 0 radical (unpaired) electrons. The molecule has 79 heavy (non-hydrogen) atoms. The molecule has 12 heterocycles. The highest BCUT2D eigenvalue weighted by atomic mass is 16.6. The minimum absolute atomic E-state index is 0.0301. The first-order valence-electron chi connectivity index (χ1n) is 26.6. The minimum Gasteiger partial charge on any atom is -0.486 e. The molecule has 4 aliphatic rings. The first kappa shape index (κ1) is 52.6. The van der Waals surface area contributed by atoms with E-state index < -0.39 is 5.60 Å². The Morgan fingerprint density at radius 2 is 1.13 bits per heavy atom. The van der Waals surface area contributed by atoms with Gasteiger partial charge in [-0.2, -0.15) is 10.2 Å². The molecule has 8 aromatic rings. The summed E-state index contributed by atoms with van der Waals surface area (Å²) in [6.07, 6.45) is 15.3. The smallest absolute Gasteiger partial charge is 0.410 e. The van der Waals surface area contributed by atoms with E-state index in [1.54, 1.807) is 54.5 Å². The van der Waals surface area contributed by atoms with Crippen molar-refractivity contribution in [2.24, 2.45) is 0 Å². The molecule has 26 nitrogen and oxygen atoms in total. The highest BCUT2D eigenvalue weighted by Crippen LogP contribution is 2.32. The van der Waals surface area contributed by atoms with Crippen LogP contribution in [0.3, 0.4) is 0 Å². The number of amides is 1. The van der Waals surface area contributed by atoms with Crippen molar-refractivity contribution in [2.75, 3.05) is 65.7 Å². The minimum atomic E-state index is -0.626. The van der Waals surface area contributed by atoms with Crippen LogP contribution in [-0.4, -0.2) is 173 Å². The van der Waals surface area contributed by atoms with Crippen molar-refractivity contribution in [3.8, 4) is 34.6 Å². The fourth-order valence-electron chi connectivity index (χ4n) is 9.95. The van der Waals surface area contributed by atoms with Gasteiger partial charge >= 0.3 is 6.09 Å². The van der Waals surface area contributed by atoms with Crippen molar-refractivity contribution in [2.45, 2.75) is 90.3 Å². The highest BCUT2D eigenvalue weighted by Gasteiger charge is 2.32. The number of piperidine rings is 2. The highest BCUT2D eigenvalue weighted by molar-refractivity contribution is 5.72. The number of ether oxygens (including phenoxy) is 5. The Hall–Kier alpha value is -8.49. The number of aromatic nitrogens is 14. The van der Waals surface area contributed by atoms with E-state index in [2.05, 4.69) is 65.2 Å². The number of rotatable bonds is 14. The monoisotopic (exact) mass is 1080 g/mol. The van der Waals surface area contributed by atoms with Crippen LogP contribution in [0.5, 0.6) is 23.0 Å². The molecule has 12 rings (SSSR count). The third kappa shape index (κ3) is 12.8. The first-order chi connectivity index (χ1) is 38.5. The fraction of sp³-hybridized carbons (Fsp3) is 0.453. The summed E-state index contributed by atoms with van der Waals surface area (Å²) in [5, 5.41) is 11.9. The molecule has 2 saturated heterocycles. The van der Waals surface area contributed by atoms with Crippen LogP contribution >= 0.6 is 0 Å². The van der Waals surface area contributed by atoms with Crippen LogP contribution in [0.25, 0.3) is 34.0 Å². The Bertz CT molecular complexity index is 3500. The van der Waals surface area contributed by atoms with Gasteiger partial charge in [0.25, 0.3) is 11.1 Å². The number of hydrogen-bond donors (Lipinski definition) is 1. The number of nitrogens with one attached hydrogen (secondary N) is 1. The molecule has 4 aliphatic heterocycles. The average molecular weight is 1080 g/mol. The molecule has 0 saturated carbocycles. The van der Waals surface area contributed by atoms with Gasteiger partial charge in [0.15, 0.2) is 45.9 Å². The van der Waals surface area contributed by atoms with E-state index in [1.165, 1.54) is 25.0 Å². The number of fused-ring (bicyclic) bond motifs is 4. The summed E-state index contributed by atoms with van der Waals surface area (Å²) < 4.78 is 34.8. The molecule has 2 fully saturated rings. The second-order valence-electron chi connectivity index (χ2n) is 20.5. The molecular weight excluding hydrogens is 1020 g/mol. The number of likely N-dealkylation sites (tertiary alicyclic amines) is 2. The molecule has 0 bridgehead atoms. The predicted molar refractivity (Wildman–Crippen MR) is 285 cm³/mol. The maximum atomic E-state index is 13.4. The number of carbonyl (C=O) groups excluding carboxylic acids is 1. The van der Waals surface area contributed by atoms with Crippen LogP contribution < -0.4 is 35.4 Å². The SMILES string of the molecule is CC(C)(C)OC(=O)N(Cc1cc2c(cn1)OCCO2)C1CCN(CCn2c(=O)cnc3ccc(-n4cncn4)nc32)CC1.O=c1cnc2ccc(-n3cncn3)nc2n1CCN1CCC(NCc2cc3c(cn2)OCCO3)CC1. The lowest BCUT2D eigenvalue weighted by Gasteiger charge is -2.39. The van der Waals surface area contributed by atoms with Gasteiger partial charge in [0.1, 0.15) is 68.4 Å². The topological polar surface area (TPSA) is 268 Å². The molecule has 1 N–H and O–H groups in total. The Morgan fingerprint density at radius 1 is 0.633 bits per heavy atom. The maximum Gasteiger partial charge on any atom is 0.410 e. The van der Waals surface area contributed by atoms with Gasteiger partial charge in [-0.05, 0) is 83.8 Å². The third-order valence-corrected chi connectivity index (χ3v) is 14.0. The molecular formula is C53H62N18O8. The van der Waals surface area contributed by atoms with E-state index in [-0.39, 0.29) is 23.3 Å². The quantitative estimate of drug-likeness (QED) is 0.164. The molecule has 1 amide bonds. The zero-order valence-electron chi connectivity index (χ0n) is 44.3. The Balaban J connectivity index is 0.000000170. The first-order valence-corrected chi connectivity index (χ1v) is 26.6. The van der Waals surface area contributed by atoms with E-state index >= 15 is 0 Å². The standard InChI is InChI=1S/C29H35N9O5.C24H27N9O3/c1-29(2,3)43-28(40)37(17-20-14-23-24(15-31-20)42-13-12-41-23)21-6-8-35(9-7-21)10-11-36-26(39)16-32-22-4-5-25(34-27(22)36)38-19-30-18-33-38;34-23-14-28-19-1-2-22(33-16-25-15-29-33)30-24(19)32(23)8-7-31-5-3-17(4-6-31)26-12-18-11-20-21(13-27-18)36-10-9-35-20/h4-5,14-16,18-19,21H,6-13,17H2,1-3H3;1-2,11,13-17,26H,3-10,12H2. The van der Waals surface area contributed by atoms with E-state index in [0.29, 0.717) is 122 Å². The van der Waals surface area contributed by atoms with Gasteiger partial charge in [-0.1, -0.05) is 0 Å². The fourth-order valence-corrected chi connectivity index (χ4v) is 9.95. The van der Waals surface area contributed by atoms with Crippen LogP contribution in [0, 0.1) is 0 Å². The molecule has 8 aromatic heterocycles. The number of pyridine rings is 4. The van der Waals surface area contributed by atoms with Crippen LogP contribution in [-0.2, 0) is 30.9 Å². The number of carbonyl (C=O) groups is 1. The third-order valence-electron chi connectivity index (χ3n) is 14.0. The second-order valence-corrected chi connectivity index (χ2v) is 20.5. The van der Waals surface area contributed by atoms with Gasteiger partial charge in [-0.3, -0.25) is 33.6 Å². The van der Waals surface area contributed by atoms with Gasteiger partial charge < -0.3 is 38.8 Å². The van der Waals surface area contributed by atoms with E-state index in [9.17, 15) is 14.4 Å². The van der Waals surface area contributed by atoms with Gasteiger partial charge in [0.05, 0.1) is 42.7 Å². The maximum absolute atomic E-state index is 13.4. The summed E-state index contributed by atoms with van der Waals surface area (Å²) in [4.78, 5) is 80.1. The molecule has 0 unspecified atom stereocenters. The summed E-state index contributed by atoms with van der Waals surface area (Å²) in [5.74, 6) is 3.88. The van der Waals surface area contributed by atoms with Crippen molar-refractivity contribution >= 4 is 28.4 Å². The van der Waals surface area contributed by atoms with Gasteiger partial charge in [-0.25, -0.2) is 44.1 Å². The van der Waals surface area contributed by atoms with Crippen LogP contribution in [0.2, 0.25) is 0 Å². The zero-order chi connectivity index (χ0) is 54.3. The molecule has 0 aromatic carbocycles. The number of hydrogen-bond acceptors (Lipinski definition) is 21. The second kappa shape index (κ2) is 23.6. The lowest BCUT2D eigenvalue weighted by Crippen LogP contribution is -2.49. The molecule has 0 aliphatic carbocycles. The van der Waals surface area contributed by atoms with Crippen molar-refractivity contribution in [1.29, 1.82) is 0 Å². The Kier molecular flexibility index (Phi) is 15.7. The Labute approximate surface area is 453 Å². The van der Waals surface area contributed by atoms with E-state index in [1.807, 2.05) is 51.1 Å². The van der Waals surface area contributed by atoms with E-state index in [0.717, 1.165) is 69.9 Å². The molecule has 412 valence electrons. The van der Waals surface area contributed by atoms with Gasteiger partial charge in [0, 0.05) is 70.0 Å². The van der Waals surface area contributed by atoms with Crippen molar-refractivity contribution < 1.29 is 28.5 Å². The lowest BCUT2D eigenvalue weighted by atomic mass is 10.0. The van der Waals surface area contributed by atoms with Crippen molar-refractivity contribution in [3.63, 3.8) is 0 Å². The van der Waals surface area contributed by atoms with E-state index in [4.69, 9.17) is 23.7 Å². The molecule has 0 atom stereocenters. The van der Waals surface area contributed by atoms with Crippen molar-refractivity contribution in [3.05, 3.63) is 119 Å². The van der Waals surface area contributed by atoms with Crippen LogP contribution in [0.15, 0.2) is 96.1 Å². The predicted octanol–water partition coefficient (Wildman–Crippen LogP) is 3.23. The summed E-state index contributed by atoms with van der Waals surface area (Å²) in [7, 11) is 0. The summed E-state index contributed by atoms with van der Waals surface area (Å²) in [5.41, 5.74) is 3.01. The molecule has 26 heteroatoms. The lowest BCUT2D eigenvalue weighted by molar-refractivity contribution is 0.00528. The summed E-state index contributed by atoms with van der Waals surface area (Å²) >= 11 is 0. The number of nitrogens with zero attached hydrogens (tertiary/aromatic N) is 17.